The number of nitrogens with zero attached hydrogens (tertiary/aromatic N) is 2. The van der Waals surface area contributed by atoms with E-state index < -0.39 is 0 Å². The van der Waals surface area contributed by atoms with Crippen LogP contribution in [0.15, 0.2) is 22.7 Å². The molecular formula is C14H18FN3O. The molecule has 0 fully saturated rings. The fraction of sp³-hybridized carbons (Fsp3) is 0.429. The maximum atomic E-state index is 13.1. The quantitative estimate of drug-likeness (QED) is 0.901. The molecule has 0 bridgehead atoms. The van der Waals surface area contributed by atoms with Gasteiger partial charge < -0.3 is 9.84 Å². The van der Waals surface area contributed by atoms with Gasteiger partial charge >= 0.3 is 0 Å². The van der Waals surface area contributed by atoms with Gasteiger partial charge in [0.1, 0.15) is 5.82 Å². The van der Waals surface area contributed by atoms with E-state index in [9.17, 15) is 4.39 Å². The molecule has 19 heavy (non-hydrogen) atoms. The number of likely N-dealkylation sites (N-methyl/N-ethyl adjacent to an activating group) is 1. The zero-order chi connectivity index (χ0) is 13.8. The second-order valence-electron chi connectivity index (χ2n) is 4.62. The molecule has 0 aliphatic carbocycles. The van der Waals surface area contributed by atoms with Crippen LogP contribution in [0.25, 0.3) is 11.4 Å². The Morgan fingerprint density at radius 3 is 2.89 bits per heavy atom. The predicted molar refractivity (Wildman–Crippen MR) is 71.4 cm³/mol. The lowest BCUT2D eigenvalue weighted by molar-refractivity contribution is 0.355. The molecule has 1 aromatic carbocycles. The number of nitrogens with one attached hydrogen (secondary N) is 1. The molecule has 2 aromatic rings. The summed E-state index contributed by atoms with van der Waals surface area (Å²) in [5, 5.41) is 7.21. The monoisotopic (exact) mass is 263 g/mol. The van der Waals surface area contributed by atoms with Gasteiger partial charge in [-0.15, -0.1) is 0 Å². The second-order valence-corrected chi connectivity index (χ2v) is 4.62. The van der Waals surface area contributed by atoms with Gasteiger partial charge in [0.15, 0.2) is 0 Å². The van der Waals surface area contributed by atoms with Crippen LogP contribution in [-0.4, -0.2) is 23.2 Å². The number of benzene rings is 1. The first-order valence-corrected chi connectivity index (χ1v) is 6.42. The number of hydrogen-bond donors (Lipinski definition) is 1. The van der Waals surface area contributed by atoms with Gasteiger partial charge in [-0.1, -0.05) is 19.0 Å². The lowest BCUT2D eigenvalue weighted by Crippen LogP contribution is -2.19. The topological polar surface area (TPSA) is 51.0 Å². The molecule has 0 saturated heterocycles. The van der Waals surface area contributed by atoms with E-state index >= 15 is 0 Å². The molecule has 1 N–H and O–H groups in total. The van der Waals surface area contributed by atoms with Crippen molar-refractivity contribution < 1.29 is 8.91 Å². The van der Waals surface area contributed by atoms with E-state index in [1.54, 1.807) is 6.07 Å². The largest absolute Gasteiger partial charge is 0.339 e. The van der Waals surface area contributed by atoms with E-state index in [0.29, 0.717) is 11.7 Å². The molecule has 0 spiro atoms. The summed E-state index contributed by atoms with van der Waals surface area (Å²) in [4.78, 5) is 4.38. The third-order valence-electron chi connectivity index (χ3n) is 2.99. The van der Waals surface area contributed by atoms with Gasteiger partial charge in [-0.3, -0.25) is 0 Å². The Morgan fingerprint density at radius 2 is 2.21 bits per heavy atom. The Balaban J connectivity index is 2.20. The molecular weight excluding hydrogens is 245 g/mol. The highest BCUT2D eigenvalue weighted by Crippen LogP contribution is 2.23. The van der Waals surface area contributed by atoms with Crippen LogP contribution in [0.4, 0.5) is 4.39 Å². The summed E-state index contributed by atoms with van der Waals surface area (Å²) in [5.41, 5.74) is 1.60. The number of rotatable bonds is 5. The van der Waals surface area contributed by atoms with Gasteiger partial charge in [-0.05, 0) is 37.2 Å². The number of aromatic nitrogens is 2. The predicted octanol–water partition coefficient (Wildman–Crippen LogP) is 2.90. The molecule has 1 unspecified atom stereocenters. The first-order valence-electron chi connectivity index (χ1n) is 6.42. The first kappa shape index (κ1) is 13.7. The average molecular weight is 263 g/mol. The van der Waals surface area contributed by atoms with Crippen LogP contribution < -0.4 is 5.32 Å². The van der Waals surface area contributed by atoms with Crippen molar-refractivity contribution in [1.82, 2.24) is 15.5 Å². The highest BCUT2D eigenvalue weighted by Gasteiger charge is 2.16. The van der Waals surface area contributed by atoms with E-state index in [4.69, 9.17) is 4.52 Å². The van der Waals surface area contributed by atoms with Gasteiger partial charge in [0, 0.05) is 18.0 Å². The zero-order valence-electron chi connectivity index (χ0n) is 11.4. The maximum Gasteiger partial charge on any atom is 0.231 e. The fourth-order valence-electron chi connectivity index (χ4n) is 1.87. The number of hydrogen-bond acceptors (Lipinski definition) is 4. The molecule has 4 nitrogen and oxygen atoms in total. The summed E-state index contributed by atoms with van der Waals surface area (Å²) < 4.78 is 18.3. The standard InChI is InChI=1S/C14H18FN3O/c1-4-16-8-10(3)14-17-13(18-19-14)12-6-5-11(15)7-9(12)2/h5-7,10,16H,4,8H2,1-3H3. The van der Waals surface area contributed by atoms with Crippen molar-refractivity contribution in [3.05, 3.63) is 35.5 Å². The Kier molecular flexibility index (Phi) is 4.27. The zero-order valence-corrected chi connectivity index (χ0v) is 11.4. The summed E-state index contributed by atoms with van der Waals surface area (Å²) >= 11 is 0. The Hall–Kier alpha value is -1.75. The van der Waals surface area contributed by atoms with Crippen LogP contribution in [-0.2, 0) is 0 Å². The van der Waals surface area contributed by atoms with Crippen molar-refractivity contribution >= 4 is 0 Å². The summed E-state index contributed by atoms with van der Waals surface area (Å²) in [6, 6.07) is 4.54. The summed E-state index contributed by atoms with van der Waals surface area (Å²) in [6.07, 6.45) is 0. The molecule has 5 heteroatoms. The minimum absolute atomic E-state index is 0.155. The minimum atomic E-state index is -0.259. The van der Waals surface area contributed by atoms with Crippen molar-refractivity contribution in [2.24, 2.45) is 0 Å². The van der Waals surface area contributed by atoms with E-state index in [0.717, 1.165) is 24.2 Å². The van der Waals surface area contributed by atoms with Crippen LogP contribution in [0.3, 0.4) is 0 Å². The van der Waals surface area contributed by atoms with Crippen molar-refractivity contribution in [3.63, 3.8) is 0 Å². The van der Waals surface area contributed by atoms with E-state index in [-0.39, 0.29) is 11.7 Å². The summed E-state index contributed by atoms with van der Waals surface area (Å²) in [5.74, 6) is 1.00. The SMILES string of the molecule is CCNCC(C)c1nc(-c2ccc(F)cc2C)no1. The molecule has 1 heterocycles. The molecule has 0 amide bonds. The molecule has 0 saturated carbocycles. The molecule has 102 valence electrons. The third-order valence-corrected chi connectivity index (χ3v) is 2.99. The van der Waals surface area contributed by atoms with Crippen LogP contribution in [0, 0.1) is 12.7 Å². The Bertz CT molecular complexity index is 553. The lowest BCUT2D eigenvalue weighted by Gasteiger charge is -2.05. The molecule has 0 aliphatic rings. The number of aryl methyl sites for hydroxylation is 1. The van der Waals surface area contributed by atoms with Gasteiger partial charge in [-0.25, -0.2) is 4.39 Å². The first-order chi connectivity index (χ1) is 9.11. The van der Waals surface area contributed by atoms with Gasteiger partial charge in [0.25, 0.3) is 0 Å². The van der Waals surface area contributed by atoms with Gasteiger partial charge in [0.05, 0.1) is 0 Å². The minimum Gasteiger partial charge on any atom is -0.339 e. The average Bonchev–Trinajstić information content (AvgIpc) is 2.85. The van der Waals surface area contributed by atoms with Crippen molar-refractivity contribution in [1.29, 1.82) is 0 Å². The van der Waals surface area contributed by atoms with Crippen LogP contribution in [0.5, 0.6) is 0 Å². The summed E-state index contributed by atoms with van der Waals surface area (Å²) in [6.45, 7) is 7.60. The molecule has 0 radical (unpaired) electrons. The number of halogens is 1. The van der Waals surface area contributed by atoms with Crippen molar-refractivity contribution in [2.75, 3.05) is 13.1 Å². The molecule has 2 rings (SSSR count). The molecule has 0 aliphatic heterocycles. The molecule has 1 atom stereocenters. The van der Waals surface area contributed by atoms with Gasteiger partial charge in [0.2, 0.25) is 11.7 Å². The van der Waals surface area contributed by atoms with Crippen LogP contribution >= 0.6 is 0 Å². The summed E-state index contributed by atoms with van der Waals surface area (Å²) in [7, 11) is 0. The van der Waals surface area contributed by atoms with Crippen molar-refractivity contribution in [3.8, 4) is 11.4 Å². The Labute approximate surface area is 112 Å². The lowest BCUT2D eigenvalue weighted by atomic mass is 10.1. The highest BCUT2D eigenvalue weighted by atomic mass is 19.1. The van der Waals surface area contributed by atoms with Crippen LogP contribution in [0.1, 0.15) is 31.2 Å². The molecule has 1 aromatic heterocycles. The maximum absolute atomic E-state index is 13.1. The normalized spacial score (nSPS) is 12.6. The Morgan fingerprint density at radius 1 is 1.42 bits per heavy atom. The fourth-order valence-corrected chi connectivity index (χ4v) is 1.87. The van der Waals surface area contributed by atoms with Crippen molar-refractivity contribution in [2.45, 2.75) is 26.7 Å². The highest BCUT2D eigenvalue weighted by molar-refractivity contribution is 5.59. The van der Waals surface area contributed by atoms with E-state index in [1.807, 2.05) is 20.8 Å². The van der Waals surface area contributed by atoms with Crippen LogP contribution in [0.2, 0.25) is 0 Å². The third kappa shape index (κ3) is 3.17. The van der Waals surface area contributed by atoms with E-state index in [1.165, 1.54) is 12.1 Å². The van der Waals surface area contributed by atoms with Gasteiger partial charge in [-0.2, -0.15) is 4.98 Å². The van der Waals surface area contributed by atoms with E-state index in [2.05, 4.69) is 15.5 Å². The second kappa shape index (κ2) is 5.93. The smallest absolute Gasteiger partial charge is 0.231 e.